The number of benzene rings is 2. The number of methoxy groups -OCH3 is 1. The summed E-state index contributed by atoms with van der Waals surface area (Å²) in [7, 11) is 1.44. The second-order valence-corrected chi connectivity index (χ2v) is 5.80. The fraction of sp³-hybridized carbons (Fsp3) is 0.158. The summed E-state index contributed by atoms with van der Waals surface area (Å²) in [5.74, 6) is -0.0891. The van der Waals surface area contributed by atoms with Crippen molar-refractivity contribution in [1.29, 1.82) is 0 Å². The van der Waals surface area contributed by atoms with Crippen LogP contribution in [-0.2, 0) is 11.3 Å². The van der Waals surface area contributed by atoms with Crippen LogP contribution in [0.15, 0.2) is 48.2 Å². The van der Waals surface area contributed by atoms with Gasteiger partial charge < -0.3 is 15.2 Å². The first kappa shape index (κ1) is 16.6. The lowest BCUT2D eigenvalue weighted by atomic mass is 10.1. The molecule has 6 nitrogen and oxygen atoms in total. The van der Waals surface area contributed by atoms with Crippen LogP contribution in [0.4, 0.5) is 4.79 Å². The van der Waals surface area contributed by atoms with E-state index in [1.165, 1.54) is 13.2 Å². The van der Waals surface area contributed by atoms with Crippen LogP contribution in [0.2, 0.25) is 0 Å². The van der Waals surface area contributed by atoms with E-state index in [0.717, 1.165) is 16.0 Å². The molecule has 3 rings (SSSR count). The Kier molecular flexibility index (Phi) is 4.43. The maximum Gasteiger partial charge on any atom is 0.329 e. The molecule has 0 saturated carbocycles. The third kappa shape index (κ3) is 3.47. The number of ether oxygens (including phenoxy) is 1. The number of phenolic OH excluding ortho intramolecular Hbond substituents is 1. The van der Waals surface area contributed by atoms with Gasteiger partial charge in [-0.1, -0.05) is 35.9 Å². The lowest BCUT2D eigenvalue weighted by molar-refractivity contribution is -0.123. The highest BCUT2D eigenvalue weighted by molar-refractivity contribution is 6.13. The first-order valence-corrected chi connectivity index (χ1v) is 7.75. The molecule has 0 atom stereocenters. The highest BCUT2D eigenvalue weighted by atomic mass is 16.5. The van der Waals surface area contributed by atoms with Gasteiger partial charge in [0.15, 0.2) is 11.5 Å². The number of urea groups is 1. The summed E-state index contributed by atoms with van der Waals surface area (Å²) in [6.45, 7) is 2.17. The van der Waals surface area contributed by atoms with Crippen LogP contribution >= 0.6 is 0 Å². The number of hydrogen-bond acceptors (Lipinski definition) is 4. The maximum atomic E-state index is 12.5. The van der Waals surface area contributed by atoms with Crippen LogP contribution in [0.25, 0.3) is 6.08 Å². The van der Waals surface area contributed by atoms with Gasteiger partial charge in [0, 0.05) is 0 Å². The van der Waals surface area contributed by atoms with E-state index in [4.69, 9.17) is 4.74 Å². The molecule has 25 heavy (non-hydrogen) atoms. The zero-order chi connectivity index (χ0) is 18.0. The molecule has 1 fully saturated rings. The summed E-state index contributed by atoms with van der Waals surface area (Å²) < 4.78 is 5.05. The summed E-state index contributed by atoms with van der Waals surface area (Å²) in [6.07, 6.45) is 1.55. The van der Waals surface area contributed by atoms with Gasteiger partial charge in [0.1, 0.15) is 5.70 Å². The molecule has 6 heteroatoms. The molecule has 0 radical (unpaired) electrons. The van der Waals surface area contributed by atoms with Crippen LogP contribution in [0.3, 0.4) is 0 Å². The number of phenols is 1. The second-order valence-electron chi connectivity index (χ2n) is 5.80. The standard InChI is InChI=1S/C19H18N2O4/c1-12-4-3-5-14(8-12)11-21-18(23)15(20-19(21)24)9-13-6-7-16(22)17(10-13)25-2/h3-10,22H,11H2,1-2H3,(H,20,24)/b15-9+. The van der Waals surface area contributed by atoms with Gasteiger partial charge >= 0.3 is 6.03 Å². The highest BCUT2D eigenvalue weighted by Crippen LogP contribution is 2.27. The van der Waals surface area contributed by atoms with Crippen molar-refractivity contribution in [1.82, 2.24) is 10.2 Å². The lowest BCUT2D eigenvalue weighted by Crippen LogP contribution is -2.30. The predicted molar refractivity (Wildman–Crippen MR) is 92.9 cm³/mol. The van der Waals surface area contributed by atoms with Crippen LogP contribution < -0.4 is 10.1 Å². The number of imide groups is 1. The highest BCUT2D eigenvalue weighted by Gasteiger charge is 2.33. The molecule has 0 unspecified atom stereocenters. The zero-order valence-electron chi connectivity index (χ0n) is 13.9. The third-order valence-corrected chi connectivity index (χ3v) is 3.90. The zero-order valence-corrected chi connectivity index (χ0v) is 13.9. The Morgan fingerprint density at radius 3 is 2.72 bits per heavy atom. The molecule has 1 heterocycles. The average molecular weight is 338 g/mol. The van der Waals surface area contributed by atoms with Gasteiger partial charge in [-0.3, -0.25) is 9.69 Å². The summed E-state index contributed by atoms with van der Waals surface area (Å²) in [6, 6.07) is 11.9. The number of rotatable bonds is 4. The molecule has 0 bridgehead atoms. The van der Waals surface area contributed by atoms with Crippen molar-refractivity contribution in [2.24, 2.45) is 0 Å². The van der Waals surface area contributed by atoms with Gasteiger partial charge in [-0.05, 0) is 36.3 Å². The Hall–Kier alpha value is -3.28. The Labute approximate surface area is 145 Å². The van der Waals surface area contributed by atoms with Crippen molar-refractivity contribution in [2.45, 2.75) is 13.5 Å². The largest absolute Gasteiger partial charge is 0.504 e. The second kappa shape index (κ2) is 6.68. The third-order valence-electron chi connectivity index (χ3n) is 3.90. The van der Waals surface area contributed by atoms with Crippen LogP contribution in [0.5, 0.6) is 11.5 Å². The monoisotopic (exact) mass is 338 g/mol. The smallest absolute Gasteiger partial charge is 0.329 e. The van der Waals surface area contributed by atoms with Crippen molar-refractivity contribution in [3.63, 3.8) is 0 Å². The number of nitrogens with zero attached hydrogens (tertiary/aromatic N) is 1. The first-order valence-electron chi connectivity index (χ1n) is 7.75. The molecule has 0 aromatic heterocycles. The Morgan fingerprint density at radius 2 is 2.00 bits per heavy atom. The molecule has 3 amide bonds. The van der Waals surface area contributed by atoms with E-state index in [9.17, 15) is 14.7 Å². The van der Waals surface area contributed by atoms with Gasteiger partial charge in [-0.2, -0.15) is 0 Å². The van der Waals surface area contributed by atoms with Crippen molar-refractivity contribution in [3.8, 4) is 11.5 Å². The molecular weight excluding hydrogens is 320 g/mol. The predicted octanol–water partition coefficient (Wildman–Crippen LogP) is 2.80. The molecule has 0 spiro atoms. The van der Waals surface area contributed by atoms with E-state index in [1.807, 2.05) is 31.2 Å². The molecule has 128 valence electrons. The quantitative estimate of drug-likeness (QED) is 0.664. The molecule has 2 N–H and O–H groups in total. The van der Waals surface area contributed by atoms with E-state index in [0.29, 0.717) is 11.3 Å². The number of aryl methyl sites for hydroxylation is 1. The SMILES string of the molecule is COc1cc(/C=C2/NC(=O)N(Cc3cccc(C)c3)C2=O)ccc1O. The topological polar surface area (TPSA) is 78.9 Å². The summed E-state index contributed by atoms with van der Waals surface area (Å²) in [4.78, 5) is 25.8. The number of nitrogens with one attached hydrogen (secondary N) is 1. The number of carbonyl (C=O) groups excluding carboxylic acids is 2. The van der Waals surface area contributed by atoms with E-state index in [2.05, 4.69) is 5.32 Å². The van der Waals surface area contributed by atoms with E-state index >= 15 is 0 Å². The minimum absolute atomic E-state index is 0.00695. The summed E-state index contributed by atoms with van der Waals surface area (Å²) in [5, 5.41) is 12.2. The molecule has 2 aromatic carbocycles. The van der Waals surface area contributed by atoms with Crippen molar-refractivity contribution >= 4 is 18.0 Å². The minimum atomic E-state index is -0.455. The Balaban J connectivity index is 1.83. The lowest BCUT2D eigenvalue weighted by Gasteiger charge is -2.12. The number of carbonyl (C=O) groups is 2. The van der Waals surface area contributed by atoms with E-state index in [-0.39, 0.29) is 18.0 Å². The fourth-order valence-corrected chi connectivity index (χ4v) is 2.66. The van der Waals surface area contributed by atoms with Crippen LogP contribution in [0, 0.1) is 6.92 Å². The fourth-order valence-electron chi connectivity index (χ4n) is 2.66. The number of amides is 3. The average Bonchev–Trinajstić information content (AvgIpc) is 2.84. The number of hydrogen-bond donors (Lipinski definition) is 2. The van der Waals surface area contributed by atoms with Crippen molar-refractivity contribution in [3.05, 3.63) is 64.9 Å². The molecule has 2 aromatic rings. The van der Waals surface area contributed by atoms with Crippen LogP contribution in [0.1, 0.15) is 16.7 Å². The molecule has 1 aliphatic rings. The molecule has 1 saturated heterocycles. The molecular formula is C19H18N2O4. The van der Waals surface area contributed by atoms with Gasteiger partial charge in [0.25, 0.3) is 5.91 Å². The Morgan fingerprint density at radius 1 is 1.20 bits per heavy atom. The first-order chi connectivity index (χ1) is 12.0. The van der Waals surface area contributed by atoms with E-state index in [1.54, 1.807) is 18.2 Å². The van der Waals surface area contributed by atoms with Gasteiger partial charge in [-0.25, -0.2) is 4.79 Å². The number of aromatic hydroxyl groups is 1. The van der Waals surface area contributed by atoms with Crippen molar-refractivity contribution < 1.29 is 19.4 Å². The molecule has 0 aliphatic carbocycles. The normalized spacial score (nSPS) is 15.6. The Bertz CT molecular complexity index is 873. The van der Waals surface area contributed by atoms with E-state index < -0.39 is 11.9 Å². The van der Waals surface area contributed by atoms with Gasteiger partial charge in [-0.15, -0.1) is 0 Å². The summed E-state index contributed by atoms with van der Waals surface area (Å²) >= 11 is 0. The van der Waals surface area contributed by atoms with Gasteiger partial charge in [0.2, 0.25) is 0 Å². The summed E-state index contributed by atoms with van der Waals surface area (Å²) in [5.41, 5.74) is 2.77. The van der Waals surface area contributed by atoms with Crippen LogP contribution in [-0.4, -0.2) is 29.1 Å². The van der Waals surface area contributed by atoms with Gasteiger partial charge in [0.05, 0.1) is 13.7 Å². The van der Waals surface area contributed by atoms with Crippen molar-refractivity contribution in [2.75, 3.05) is 7.11 Å². The minimum Gasteiger partial charge on any atom is -0.504 e. The molecule has 1 aliphatic heterocycles. The maximum absolute atomic E-state index is 12.5.